The summed E-state index contributed by atoms with van der Waals surface area (Å²) in [5.41, 5.74) is 5.59. The summed E-state index contributed by atoms with van der Waals surface area (Å²) in [5.74, 6) is -0.0888. The standard InChI is InChI=1S/C20H17Br2NO2/c1-12-3-4-14(7-13(12)2)10-23-18-9-16(21)5-6-17(18)20(22)15(11-24)8-19(23)25/h3-7,9,11H,8,10H2,1-2H3. The second-order valence-electron chi connectivity index (χ2n) is 6.19. The molecule has 5 heteroatoms. The summed E-state index contributed by atoms with van der Waals surface area (Å²) in [7, 11) is 0. The molecule has 1 aliphatic rings. The molecule has 0 radical (unpaired) electrons. The highest BCUT2D eigenvalue weighted by atomic mass is 79.9. The lowest BCUT2D eigenvalue weighted by Crippen LogP contribution is -2.30. The minimum Gasteiger partial charge on any atom is -0.307 e. The summed E-state index contributed by atoms with van der Waals surface area (Å²) in [5, 5.41) is 0. The predicted molar refractivity (Wildman–Crippen MR) is 108 cm³/mol. The number of carbonyl (C=O) groups is 2. The Morgan fingerprint density at radius 2 is 1.84 bits per heavy atom. The molecule has 0 aromatic heterocycles. The molecule has 2 aromatic rings. The summed E-state index contributed by atoms with van der Waals surface area (Å²) in [6.45, 7) is 4.60. The number of amides is 1. The van der Waals surface area contributed by atoms with Crippen molar-refractivity contribution in [2.24, 2.45) is 0 Å². The van der Waals surface area contributed by atoms with Gasteiger partial charge in [-0.05, 0) is 58.6 Å². The Balaban J connectivity index is 2.09. The van der Waals surface area contributed by atoms with E-state index < -0.39 is 0 Å². The molecule has 0 atom stereocenters. The van der Waals surface area contributed by atoms with E-state index in [4.69, 9.17) is 0 Å². The van der Waals surface area contributed by atoms with E-state index in [1.807, 2.05) is 24.3 Å². The van der Waals surface area contributed by atoms with Gasteiger partial charge in [0.15, 0.2) is 0 Å². The van der Waals surface area contributed by atoms with Gasteiger partial charge in [-0.25, -0.2) is 0 Å². The molecular weight excluding hydrogens is 446 g/mol. The fraction of sp³-hybridized carbons (Fsp3) is 0.200. The van der Waals surface area contributed by atoms with Gasteiger partial charge in [-0.3, -0.25) is 9.59 Å². The third kappa shape index (κ3) is 3.62. The van der Waals surface area contributed by atoms with Crippen LogP contribution in [0.3, 0.4) is 0 Å². The molecular formula is C20H17Br2NO2. The van der Waals surface area contributed by atoms with Gasteiger partial charge in [0, 0.05) is 20.1 Å². The molecule has 3 nitrogen and oxygen atoms in total. The van der Waals surface area contributed by atoms with Crippen molar-refractivity contribution in [1.82, 2.24) is 0 Å². The van der Waals surface area contributed by atoms with Crippen LogP contribution in [-0.4, -0.2) is 12.2 Å². The molecule has 0 saturated carbocycles. The summed E-state index contributed by atoms with van der Waals surface area (Å²) in [4.78, 5) is 26.0. The van der Waals surface area contributed by atoms with E-state index >= 15 is 0 Å². The zero-order valence-electron chi connectivity index (χ0n) is 14.0. The number of anilines is 1. The number of benzene rings is 2. The molecule has 1 amide bonds. The first-order valence-electron chi connectivity index (χ1n) is 7.91. The Morgan fingerprint density at radius 3 is 2.52 bits per heavy atom. The van der Waals surface area contributed by atoms with Crippen LogP contribution in [0.2, 0.25) is 0 Å². The Hall–Kier alpha value is -1.72. The van der Waals surface area contributed by atoms with Crippen molar-refractivity contribution in [3.05, 3.63) is 68.7 Å². The number of halogens is 2. The van der Waals surface area contributed by atoms with Gasteiger partial charge in [-0.15, -0.1) is 0 Å². The quantitative estimate of drug-likeness (QED) is 0.579. The summed E-state index contributed by atoms with van der Waals surface area (Å²) in [6, 6.07) is 12.0. The minimum atomic E-state index is -0.0888. The Labute approximate surface area is 164 Å². The largest absolute Gasteiger partial charge is 0.307 e. The van der Waals surface area contributed by atoms with Crippen molar-refractivity contribution in [2.75, 3.05) is 4.90 Å². The number of rotatable bonds is 3. The van der Waals surface area contributed by atoms with Crippen molar-refractivity contribution in [3.8, 4) is 0 Å². The number of hydrogen-bond acceptors (Lipinski definition) is 2. The topological polar surface area (TPSA) is 37.4 Å². The number of nitrogens with zero attached hydrogens (tertiary/aromatic N) is 1. The SMILES string of the molecule is Cc1ccc(CN2C(=O)CC(C=O)=C(Br)c3ccc(Br)cc32)cc1C. The molecule has 1 aliphatic heterocycles. The van der Waals surface area contributed by atoms with Crippen LogP contribution in [0.4, 0.5) is 5.69 Å². The number of aldehydes is 1. The van der Waals surface area contributed by atoms with E-state index in [0.29, 0.717) is 16.6 Å². The first-order chi connectivity index (χ1) is 11.9. The van der Waals surface area contributed by atoms with Crippen LogP contribution in [0.5, 0.6) is 0 Å². The van der Waals surface area contributed by atoms with Crippen LogP contribution in [-0.2, 0) is 16.1 Å². The highest BCUT2D eigenvalue weighted by molar-refractivity contribution is 9.15. The van der Waals surface area contributed by atoms with Gasteiger partial charge < -0.3 is 4.90 Å². The highest BCUT2D eigenvalue weighted by Crippen LogP contribution is 2.39. The Kier molecular flexibility index (Phi) is 5.25. The molecule has 0 unspecified atom stereocenters. The van der Waals surface area contributed by atoms with Crippen LogP contribution in [0.15, 0.2) is 46.4 Å². The van der Waals surface area contributed by atoms with Crippen LogP contribution >= 0.6 is 31.9 Å². The number of carbonyl (C=O) groups excluding carboxylic acids is 2. The molecule has 25 heavy (non-hydrogen) atoms. The number of fused-ring (bicyclic) bond motifs is 1. The van der Waals surface area contributed by atoms with Crippen LogP contribution in [0, 0.1) is 13.8 Å². The van der Waals surface area contributed by atoms with Crippen LogP contribution in [0.1, 0.15) is 28.7 Å². The molecule has 0 aliphatic carbocycles. The first-order valence-corrected chi connectivity index (χ1v) is 9.49. The molecule has 1 heterocycles. The normalized spacial score (nSPS) is 14.4. The van der Waals surface area contributed by atoms with E-state index in [0.717, 1.165) is 27.6 Å². The van der Waals surface area contributed by atoms with E-state index in [1.54, 1.807) is 4.90 Å². The summed E-state index contributed by atoms with van der Waals surface area (Å²) < 4.78 is 1.57. The lowest BCUT2D eigenvalue weighted by molar-refractivity contribution is -0.118. The zero-order chi connectivity index (χ0) is 18.1. The maximum absolute atomic E-state index is 12.9. The second kappa shape index (κ2) is 7.26. The molecule has 0 N–H and O–H groups in total. The average Bonchev–Trinajstić information content (AvgIpc) is 2.68. The van der Waals surface area contributed by atoms with Gasteiger partial charge in [-0.1, -0.05) is 40.2 Å². The van der Waals surface area contributed by atoms with Gasteiger partial charge in [0.2, 0.25) is 5.91 Å². The van der Waals surface area contributed by atoms with Crippen molar-refractivity contribution in [2.45, 2.75) is 26.8 Å². The lowest BCUT2D eigenvalue weighted by atomic mass is 10.1. The predicted octanol–water partition coefficient (Wildman–Crippen LogP) is 5.31. The van der Waals surface area contributed by atoms with E-state index in [-0.39, 0.29) is 12.3 Å². The average molecular weight is 463 g/mol. The number of aryl methyl sites for hydroxylation is 2. The van der Waals surface area contributed by atoms with Gasteiger partial charge in [0.05, 0.1) is 18.7 Å². The van der Waals surface area contributed by atoms with Gasteiger partial charge in [0.1, 0.15) is 6.29 Å². The minimum absolute atomic E-state index is 0.0845. The molecule has 3 rings (SSSR count). The molecule has 2 aromatic carbocycles. The highest BCUT2D eigenvalue weighted by Gasteiger charge is 2.27. The fourth-order valence-electron chi connectivity index (χ4n) is 2.91. The van der Waals surface area contributed by atoms with Gasteiger partial charge in [0.25, 0.3) is 0 Å². The Morgan fingerprint density at radius 1 is 1.08 bits per heavy atom. The molecule has 0 bridgehead atoms. The van der Waals surface area contributed by atoms with E-state index in [2.05, 4.69) is 57.8 Å². The second-order valence-corrected chi connectivity index (χ2v) is 7.90. The Bertz CT molecular complexity index is 903. The van der Waals surface area contributed by atoms with Crippen LogP contribution < -0.4 is 4.90 Å². The molecule has 0 fully saturated rings. The van der Waals surface area contributed by atoms with Crippen LogP contribution in [0.25, 0.3) is 4.48 Å². The van der Waals surface area contributed by atoms with Crippen molar-refractivity contribution >= 4 is 54.2 Å². The van der Waals surface area contributed by atoms with Crippen molar-refractivity contribution in [1.29, 1.82) is 0 Å². The molecule has 0 spiro atoms. The third-order valence-electron chi connectivity index (χ3n) is 4.47. The van der Waals surface area contributed by atoms with Crippen molar-refractivity contribution < 1.29 is 9.59 Å². The molecule has 0 saturated heterocycles. The summed E-state index contributed by atoms with van der Waals surface area (Å²) >= 11 is 6.99. The van der Waals surface area contributed by atoms with E-state index in [1.165, 1.54) is 11.1 Å². The first kappa shape index (κ1) is 18.1. The summed E-state index contributed by atoms with van der Waals surface area (Å²) in [6.07, 6.45) is 0.842. The van der Waals surface area contributed by atoms with Crippen molar-refractivity contribution in [3.63, 3.8) is 0 Å². The maximum Gasteiger partial charge on any atom is 0.231 e. The number of hydrogen-bond donors (Lipinski definition) is 0. The monoisotopic (exact) mass is 461 g/mol. The smallest absolute Gasteiger partial charge is 0.231 e. The third-order valence-corrected chi connectivity index (χ3v) is 5.90. The molecule has 128 valence electrons. The maximum atomic E-state index is 12.9. The zero-order valence-corrected chi connectivity index (χ0v) is 17.1. The van der Waals surface area contributed by atoms with E-state index in [9.17, 15) is 9.59 Å². The fourth-order valence-corrected chi connectivity index (χ4v) is 3.83. The van der Waals surface area contributed by atoms with Gasteiger partial charge >= 0.3 is 0 Å². The van der Waals surface area contributed by atoms with Gasteiger partial charge in [-0.2, -0.15) is 0 Å². The lowest BCUT2D eigenvalue weighted by Gasteiger charge is -2.24.